The van der Waals surface area contributed by atoms with Crippen LogP contribution < -0.4 is 10.5 Å². The summed E-state index contributed by atoms with van der Waals surface area (Å²) in [5.41, 5.74) is 8.26. The van der Waals surface area contributed by atoms with Gasteiger partial charge in [0.25, 0.3) is 0 Å². The molecule has 2 N–H and O–H groups in total. The lowest BCUT2D eigenvalue weighted by molar-refractivity contribution is 0.357. The highest BCUT2D eigenvalue weighted by Gasteiger charge is 2.08. The molecule has 0 saturated carbocycles. The summed E-state index contributed by atoms with van der Waals surface area (Å²) >= 11 is 8.80. The molecular formula is C11H13BrClNO. The van der Waals surface area contributed by atoms with Gasteiger partial charge in [-0.1, -0.05) is 27.5 Å². The lowest BCUT2D eigenvalue weighted by Gasteiger charge is -2.13. The summed E-state index contributed by atoms with van der Waals surface area (Å²) < 4.78 is 6.52. The highest BCUT2D eigenvalue weighted by Crippen LogP contribution is 2.27. The van der Waals surface area contributed by atoms with E-state index in [1.54, 1.807) is 6.08 Å². The van der Waals surface area contributed by atoms with Gasteiger partial charge in [-0.15, -0.1) is 0 Å². The first-order valence-electron chi connectivity index (χ1n) is 4.58. The second-order valence-electron chi connectivity index (χ2n) is 3.14. The summed E-state index contributed by atoms with van der Waals surface area (Å²) in [6, 6.07) is 5.72. The van der Waals surface area contributed by atoms with E-state index in [2.05, 4.69) is 15.9 Å². The number of ether oxygens (including phenoxy) is 1. The Bertz CT molecular complexity index is 352. The molecule has 1 atom stereocenters. The van der Waals surface area contributed by atoms with E-state index in [0.717, 1.165) is 15.8 Å². The van der Waals surface area contributed by atoms with Gasteiger partial charge in [-0.2, -0.15) is 0 Å². The Morgan fingerprint density at radius 3 is 2.93 bits per heavy atom. The Kier molecular flexibility index (Phi) is 5.15. The van der Waals surface area contributed by atoms with E-state index in [9.17, 15) is 0 Å². The van der Waals surface area contributed by atoms with Gasteiger partial charge >= 0.3 is 0 Å². The van der Waals surface area contributed by atoms with Gasteiger partial charge in [0, 0.05) is 21.6 Å². The number of nitrogens with two attached hydrogens (primary N) is 1. The van der Waals surface area contributed by atoms with Crippen molar-refractivity contribution in [1.82, 2.24) is 0 Å². The van der Waals surface area contributed by atoms with Crippen molar-refractivity contribution in [3.8, 4) is 5.75 Å². The van der Waals surface area contributed by atoms with Crippen molar-refractivity contribution in [3.63, 3.8) is 0 Å². The highest BCUT2D eigenvalue weighted by atomic mass is 79.9. The molecule has 0 unspecified atom stereocenters. The third kappa shape index (κ3) is 3.86. The normalized spacial score (nSPS) is 13.1. The monoisotopic (exact) mass is 289 g/mol. The van der Waals surface area contributed by atoms with Crippen molar-refractivity contribution in [2.24, 2.45) is 5.73 Å². The largest absolute Gasteiger partial charge is 0.489 e. The molecular weight excluding hydrogens is 277 g/mol. The van der Waals surface area contributed by atoms with E-state index in [1.807, 2.05) is 25.1 Å². The fourth-order valence-electron chi connectivity index (χ4n) is 1.18. The van der Waals surface area contributed by atoms with E-state index >= 15 is 0 Å². The van der Waals surface area contributed by atoms with Crippen LogP contribution in [0.25, 0.3) is 0 Å². The van der Waals surface area contributed by atoms with Crippen LogP contribution in [0.15, 0.2) is 34.3 Å². The Morgan fingerprint density at radius 2 is 2.33 bits per heavy atom. The van der Waals surface area contributed by atoms with E-state index in [0.29, 0.717) is 6.61 Å². The van der Waals surface area contributed by atoms with Crippen molar-refractivity contribution in [3.05, 3.63) is 39.8 Å². The van der Waals surface area contributed by atoms with Crippen LogP contribution in [0.5, 0.6) is 5.75 Å². The Balaban J connectivity index is 2.85. The lowest BCUT2D eigenvalue weighted by atomic mass is 10.1. The minimum absolute atomic E-state index is 0.0579. The molecule has 4 heteroatoms. The second-order valence-corrected chi connectivity index (χ2v) is 4.31. The summed E-state index contributed by atoms with van der Waals surface area (Å²) in [7, 11) is 0. The smallest absolute Gasteiger partial charge is 0.124 e. The minimum Gasteiger partial charge on any atom is -0.489 e. The molecule has 0 aliphatic carbocycles. The standard InChI is InChI=1S/C11H13BrClNO/c1-8(14)10-7-9(12)3-4-11(10)15-6-2-5-13/h2-5,7-8H,6,14H2,1H3/t8-/m1/s1. The molecule has 0 amide bonds. The van der Waals surface area contributed by atoms with E-state index in [-0.39, 0.29) is 6.04 Å². The molecule has 0 bridgehead atoms. The molecule has 0 spiro atoms. The maximum Gasteiger partial charge on any atom is 0.124 e. The van der Waals surface area contributed by atoms with E-state index < -0.39 is 0 Å². The molecule has 0 radical (unpaired) electrons. The molecule has 15 heavy (non-hydrogen) atoms. The fourth-order valence-corrected chi connectivity index (χ4v) is 1.63. The molecule has 2 nitrogen and oxygen atoms in total. The molecule has 1 aromatic rings. The third-order valence-corrected chi connectivity index (χ3v) is 2.56. The first-order chi connectivity index (χ1) is 7.15. The number of benzene rings is 1. The van der Waals surface area contributed by atoms with Crippen molar-refractivity contribution in [1.29, 1.82) is 0 Å². The molecule has 0 aliphatic rings. The van der Waals surface area contributed by atoms with Crippen LogP contribution >= 0.6 is 27.5 Å². The van der Waals surface area contributed by atoms with Gasteiger partial charge in [-0.05, 0) is 31.2 Å². The molecule has 0 aliphatic heterocycles. The van der Waals surface area contributed by atoms with Crippen LogP contribution in [-0.4, -0.2) is 6.61 Å². The van der Waals surface area contributed by atoms with Gasteiger partial charge in [0.1, 0.15) is 12.4 Å². The first-order valence-corrected chi connectivity index (χ1v) is 5.81. The number of halogens is 2. The predicted molar refractivity (Wildman–Crippen MR) is 67.2 cm³/mol. The summed E-state index contributed by atoms with van der Waals surface area (Å²) in [4.78, 5) is 0. The average Bonchev–Trinajstić information content (AvgIpc) is 2.20. The topological polar surface area (TPSA) is 35.2 Å². The van der Waals surface area contributed by atoms with Gasteiger partial charge < -0.3 is 10.5 Å². The molecule has 0 saturated heterocycles. The zero-order valence-corrected chi connectivity index (χ0v) is 10.8. The Labute approximate surface area is 103 Å². The van der Waals surface area contributed by atoms with Crippen LogP contribution in [0.2, 0.25) is 0 Å². The summed E-state index contributed by atoms with van der Waals surface area (Å²) in [5, 5.41) is 0. The second kappa shape index (κ2) is 6.16. The number of hydrogen-bond acceptors (Lipinski definition) is 2. The van der Waals surface area contributed by atoms with Crippen LogP contribution in [0.3, 0.4) is 0 Å². The van der Waals surface area contributed by atoms with Crippen LogP contribution in [0, 0.1) is 0 Å². The highest BCUT2D eigenvalue weighted by molar-refractivity contribution is 9.10. The van der Waals surface area contributed by atoms with Crippen molar-refractivity contribution in [2.45, 2.75) is 13.0 Å². The van der Waals surface area contributed by atoms with Crippen molar-refractivity contribution < 1.29 is 4.74 Å². The number of rotatable bonds is 4. The van der Waals surface area contributed by atoms with Crippen LogP contribution in [0.4, 0.5) is 0 Å². The first kappa shape index (κ1) is 12.6. The minimum atomic E-state index is -0.0579. The number of hydrogen-bond donors (Lipinski definition) is 1. The molecule has 1 rings (SSSR count). The summed E-state index contributed by atoms with van der Waals surface area (Å²) in [5.74, 6) is 0.794. The van der Waals surface area contributed by atoms with Gasteiger partial charge in [0.2, 0.25) is 0 Å². The quantitative estimate of drug-likeness (QED) is 0.919. The molecule has 0 aromatic heterocycles. The van der Waals surface area contributed by atoms with Gasteiger partial charge in [0.05, 0.1) is 0 Å². The Morgan fingerprint density at radius 1 is 1.60 bits per heavy atom. The maximum absolute atomic E-state index is 5.84. The maximum atomic E-state index is 5.84. The average molecular weight is 291 g/mol. The fraction of sp³-hybridized carbons (Fsp3) is 0.273. The molecule has 0 fully saturated rings. The summed E-state index contributed by atoms with van der Waals surface area (Å²) in [6.07, 6.45) is 1.73. The Hall–Kier alpha value is -0.510. The van der Waals surface area contributed by atoms with Gasteiger partial charge in [0.15, 0.2) is 0 Å². The zero-order valence-electron chi connectivity index (χ0n) is 8.41. The van der Waals surface area contributed by atoms with Crippen molar-refractivity contribution in [2.75, 3.05) is 6.61 Å². The summed E-state index contributed by atoms with van der Waals surface area (Å²) in [6.45, 7) is 2.37. The zero-order chi connectivity index (χ0) is 11.3. The van der Waals surface area contributed by atoms with Gasteiger partial charge in [-0.25, -0.2) is 0 Å². The third-order valence-electron chi connectivity index (χ3n) is 1.89. The van der Waals surface area contributed by atoms with Crippen LogP contribution in [0.1, 0.15) is 18.5 Å². The predicted octanol–water partition coefficient (Wildman–Crippen LogP) is 3.60. The van der Waals surface area contributed by atoms with Crippen LogP contribution in [-0.2, 0) is 0 Å². The lowest BCUT2D eigenvalue weighted by Crippen LogP contribution is -2.08. The van der Waals surface area contributed by atoms with Crippen molar-refractivity contribution >= 4 is 27.5 Å². The van der Waals surface area contributed by atoms with Gasteiger partial charge in [-0.3, -0.25) is 0 Å². The molecule has 82 valence electrons. The molecule has 1 aromatic carbocycles. The SMILES string of the molecule is C[C@@H](N)c1cc(Br)ccc1OCC=CCl. The van der Waals surface area contributed by atoms with E-state index in [4.69, 9.17) is 22.1 Å². The molecule has 0 heterocycles. The van der Waals surface area contributed by atoms with E-state index in [1.165, 1.54) is 5.54 Å².